The molecule has 1 N–H and O–H groups in total. The van der Waals surface area contributed by atoms with Crippen LogP contribution in [0.4, 0.5) is 0 Å². The van der Waals surface area contributed by atoms with Gasteiger partial charge in [-0.15, -0.1) is 0 Å². The molecule has 0 radical (unpaired) electrons. The fourth-order valence-corrected chi connectivity index (χ4v) is 2.75. The van der Waals surface area contributed by atoms with Crippen LogP contribution in [0.15, 0.2) is 18.2 Å². The number of hydrogen-bond acceptors (Lipinski definition) is 3. The second-order valence-electron chi connectivity index (χ2n) is 7.46. The molecule has 1 aromatic carbocycles. The number of benzene rings is 1. The third kappa shape index (κ3) is 4.71. The Morgan fingerprint density at radius 2 is 2.00 bits per heavy atom. The lowest BCUT2D eigenvalue weighted by Gasteiger charge is -2.32. The molecule has 1 aliphatic heterocycles. The summed E-state index contributed by atoms with van der Waals surface area (Å²) in [6.45, 7) is 11.5. The SMILES string of the molecule is Cc1cccc(C)c1OC[C@H](NC(=O)[C@H]1CCCO1)C(C)(C)C. The van der Waals surface area contributed by atoms with Gasteiger partial charge < -0.3 is 14.8 Å². The zero-order valence-electron chi connectivity index (χ0n) is 14.9. The summed E-state index contributed by atoms with van der Waals surface area (Å²) >= 11 is 0. The molecule has 0 unspecified atom stereocenters. The maximum Gasteiger partial charge on any atom is 0.249 e. The lowest BCUT2D eigenvalue weighted by molar-refractivity contribution is -0.131. The van der Waals surface area contributed by atoms with E-state index in [4.69, 9.17) is 9.47 Å². The summed E-state index contributed by atoms with van der Waals surface area (Å²) in [6, 6.07) is 6.04. The van der Waals surface area contributed by atoms with Gasteiger partial charge in [0.15, 0.2) is 0 Å². The molecule has 1 aromatic rings. The quantitative estimate of drug-likeness (QED) is 0.905. The van der Waals surface area contributed by atoms with Gasteiger partial charge in [-0.2, -0.15) is 0 Å². The lowest BCUT2D eigenvalue weighted by Crippen LogP contribution is -2.50. The van der Waals surface area contributed by atoms with Crippen molar-refractivity contribution in [2.45, 2.75) is 59.6 Å². The van der Waals surface area contributed by atoms with Crippen LogP contribution in [-0.2, 0) is 9.53 Å². The summed E-state index contributed by atoms with van der Waals surface area (Å²) in [4.78, 5) is 12.4. The zero-order valence-corrected chi connectivity index (χ0v) is 14.9. The minimum Gasteiger partial charge on any atom is -0.491 e. The minimum atomic E-state index is -0.306. The monoisotopic (exact) mass is 319 g/mol. The lowest BCUT2D eigenvalue weighted by atomic mass is 9.87. The molecule has 23 heavy (non-hydrogen) atoms. The number of carbonyl (C=O) groups excluding carboxylic acids is 1. The van der Waals surface area contributed by atoms with Crippen molar-refractivity contribution in [1.82, 2.24) is 5.32 Å². The Bertz CT molecular complexity index is 522. The molecule has 0 aliphatic carbocycles. The van der Waals surface area contributed by atoms with Gasteiger partial charge in [-0.1, -0.05) is 39.0 Å². The van der Waals surface area contributed by atoms with Gasteiger partial charge in [0.1, 0.15) is 18.5 Å². The molecule has 1 fully saturated rings. The largest absolute Gasteiger partial charge is 0.491 e. The number of para-hydroxylation sites is 1. The second kappa shape index (κ2) is 7.35. The standard InChI is InChI=1S/C19H29NO3/c1-13-8-6-9-14(2)17(13)23-12-16(19(3,4)5)20-18(21)15-10-7-11-22-15/h6,8-9,15-16H,7,10-12H2,1-5H3,(H,20,21)/t15-,16+/m1/s1. The molecule has 1 saturated heterocycles. The Labute approximate surface area is 139 Å². The Hall–Kier alpha value is -1.55. The molecule has 4 nitrogen and oxygen atoms in total. The second-order valence-corrected chi connectivity index (χ2v) is 7.46. The number of rotatable bonds is 5. The van der Waals surface area contributed by atoms with Crippen LogP contribution in [0.1, 0.15) is 44.7 Å². The molecular formula is C19H29NO3. The number of carbonyl (C=O) groups is 1. The summed E-state index contributed by atoms with van der Waals surface area (Å²) in [5.74, 6) is 0.889. The first kappa shape index (κ1) is 17.8. The van der Waals surface area contributed by atoms with Crippen LogP contribution in [0, 0.1) is 19.3 Å². The highest BCUT2D eigenvalue weighted by molar-refractivity contribution is 5.81. The van der Waals surface area contributed by atoms with E-state index in [0.717, 1.165) is 29.7 Å². The van der Waals surface area contributed by atoms with Crippen molar-refractivity contribution < 1.29 is 14.3 Å². The average molecular weight is 319 g/mol. The first-order valence-electron chi connectivity index (χ1n) is 8.40. The van der Waals surface area contributed by atoms with Crippen molar-refractivity contribution in [2.75, 3.05) is 13.2 Å². The number of ether oxygens (including phenoxy) is 2. The average Bonchev–Trinajstić information content (AvgIpc) is 2.98. The van der Waals surface area contributed by atoms with Crippen LogP contribution in [0.2, 0.25) is 0 Å². The molecule has 2 atom stereocenters. The molecule has 4 heteroatoms. The van der Waals surface area contributed by atoms with Gasteiger partial charge in [-0.25, -0.2) is 0 Å². The summed E-state index contributed by atoms with van der Waals surface area (Å²) in [6.07, 6.45) is 1.46. The first-order valence-corrected chi connectivity index (χ1v) is 8.40. The maximum absolute atomic E-state index is 12.4. The molecule has 2 rings (SSSR count). The van der Waals surface area contributed by atoms with Crippen LogP contribution >= 0.6 is 0 Å². The van der Waals surface area contributed by atoms with Crippen LogP contribution in [0.25, 0.3) is 0 Å². The van der Waals surface area contributed by atoms with Gasteiger partial charge in [0, 0.05) is 6.61 Å². The minimum absolute atomic E-state index is 0.0208. The molecule has 0 saturated carbocycles. The van der Waals surface area contributed by atoms with Crippen molar-refractivity contribution in [3.05, 3.63) is 29.3 Å². The predicted molar refractivity (Wildman–Crippen MR) is 91.8 cm³/mol. The van der Waals surface area contributed by atoms with E-state index in [1.165, 1.54) is 0 Å². The summed E-state index contributed by atoms with van der Waals surface area (Å²) in [5.41, 5.74) is 2.14. The molecule has 0 aromatic heterocycles. The van der Waals surface area contributed by atoms with Gasteiger partial charge >= 0.3 is 0 Å². The predicted octanol–water partition coefficient (Wildman–Crippen LogP) is 3.39. The van der Waals surface area contributed by atoms with Crippen LogP contribution < -0.4 is 10.1 Å². The topological polar surface area (TPSA) is 47.6 Å². The molecular weight excluding hydrogens is 290 g/mol. The van der Waals surface area contributed by atoms with E-state index in [1.54, 1.807) is 0 Å². The smallest absolute Gasteiger partial charge is 0.249 e. The van der Waals surface area contributed by atoms with Crippen LogP contribution in [0.5, 0.6) is 5.75 Å². The third-order valence-corrected chi connectivity index (χ3v) is 4.39. The van der Waals surface area contributed by atoms with Crippen molar-refractivity contribution >= 4 is 5.91 Å². The molecule has 1 heterocycles. The van der Waals surface area contributed by atoms with Crippen LogP contribution in [0.3, 0.4) is 0 Å². The van der Waals surface area contributed by atoms with E-state index < -0.39 is 0 Å². The Morgan fingerprint density at radius 1 is 1.35 bits per heavy atom. The summed E-state index contributed by atoms with van der Waals surface area (Å²) in [5, 5.41) is 3.12. The number of hydrogen-bond donors (Lipinski definition) is 1. The van der Waals surface area contributed by atoms with E-state index >= 15 is 0 Å². The van der Waals surface area contributed by atoms with Gasteiger partial charge in [0.25, 0.3) is 0 Å². The summed E-state index contributed by atoms with van der Waals surface area (Å²) in [7, 11) is 0. The van der Waals surface area contributed by atoms with E-state index in [-0.39, 0.29) is 23.5 Å². The normalized spacial score (nSPS) is 19.4. The van der Waals surface area contributed by atoms with Gasteiger partial charge in [-0.05, 0) is 43.2 Å². The van der Waals surface area contributed by atoms with E-state index in [9.17, 15) is 4.79 Å². The Kier molecular flexibility index (Phi) is 5.69. The highest BCUT2D eigenvalue weighted by atomic mass is 16.5. The molecule has 128 valence electrons. The van der Waals surface area contributed by atoms with Crippen LogP contribution in [-0.4, -0.2) is 31.3 Å². The maximum atomic E-state index is 12.4. The highest BCUT2D eigenvalue weighted by Crippen LogP contribution is 2.25. The third-order valence-electron chi connectivity index (χ3n) is 4.39. The van der Waals surface area contributed by atoms with Gasteiger partial charge in [0.05, 0.1) is 6.04 Å². The number of nitrogens with one attached hydrogen (secondary N) is 1. The van der Waals surface area contributed by atoms with Crippen molar-refractivity contribution in [2.24, 2.45) is 5.41 Å². The van der Waals surface area contributed by atoms with E-state index in [1.807, 2.05) is 32.0 Å². The van der Waals surface area contributed by atoms with Crippen molar-refractivity contribution in [3.63, 3.8) is 0 Å². The molecule has 0 bridgehead atoms. The summed E-state index contributed by atoms with van der Waals surface area (Å²) < 4.78 is 11.5. The Balaban J connectivity index is 2.03. The van der Waals surface area contributed by atoms with Gasteiger partial charge in [-0.3, -0.25) is 4.79 Å². The Morgan fingerprint density at radius 3 is 2.52 bits per heavy atom. The zero-order chi connectivity index (χ0) is 17.0. The van der Waals surface area contributed by atoms with E-state index in [2.05, 4.69) is 26.1 Å². The van der Waals surface area contributed by atoms with Gasteiger partial charge in [0.2, 0.25) is 5.91 Å². The fourth-order valence-electron chi connectivity index (χ4n) is 2.75. The first-order chi connectivity index (χ1) is 10.8. The van der Waals surface area contributed by atoms with Crippen molar-refractivity contribution in [3.8, 4) is 5.75 Å². The molecule has 1 aliphatic rings. The molecule has 1 amide bonds. The van der Waals surface area contributed by atoms with Crippen molar-refractivity contribution in [1.29, 1.82) is 0 Å². The number of aryl methyl sites for hydroxylation is 2. The highest BCUT2D eigenvalue weighted by Gasteiger charge is 2.31. The fraction of sp³-hybridized carbons (Fsp3) is 0.632. The van der Waals surface area contributed by atoms with E-state index in [0.29, 0.717) is 13.2 Å². The number of amides is 1. The molecule has 0 spiro atoms.